The first-order valence-electron chi connectivity index (χ1n) is 6.12. The van der Waals surface area contributed by atoms with Crippen molar-refractivity contribution in [2.75, 3.05) is 16.8 Å². The molecule has 2 unspecified atom stereocenters. The van der Waals surface area contributed by atoms with Gasteiger partial charge in [0.1, 0.15) is 0 Å². The fourth-order valence-electron chi connectivity index (χ4n) is 2.53. The SMILES string of the molecule is O=S1(=O)CCC(C(CBr)Cc2c(Cl)cccc2Cl)C1. The lowest BCUT2D eigenvalue weighted by Gasteiger charge is -2.21. The van der Waals surface area contributed by atoms with E-state index >= 15 is 0 Å². The Balaban J connectivity index is 2.16. The Hall–Kier alpha value is 0.230. The molecule has 1 aliphatic rings. The molecule has 0 N–H and O–H groups in total. The Kier molecular flexibility index (Phi) is 5.21. The molecule has 0 spiro atoms. The lowest BCUT2D eigenvalue weighted by Crippen LogP contribution is -2.20. The number of hydrogen-bond donors (Lipinski definition) is 0. The summed E-state index contributed by atoms with van der Waals surface area (Å²) in [4.78, 5) is 0. The average molecular weight is 386 g/mol. The highest BCUT2D eigenvalue weighted by molar-refractivity contribution is 9.09. The van der Waals surface area contributed by atoms with E-state index in [1.54, 1.807) is 0 Å². The smallest absolute Gasteiger partial charge is 0.150 e. The van der Waals surface area contributed by atoms with Gasteiger partial charge in [0, 0.05) is 15.4 Å². The van der Waals surface area contributed by atoms with Crippen LogP contribution >= 0.6 is 39.1 Å². The van der Waals surface area contributed by atoms with E-state index in [1.165, 1.54) is 0 Å². The van der Waals surface area contributed by atoms with Crippen LogP contribution in [0.1, 0.15) is 12.0 Å². The molecule has 0 aromatic heterocycles. The first kappa shape index (κ1) is 15.6. The molecular weight excluding hydrogens is 371 g/mol. The second-order valence-corrected chi connectivity index (χ2v) is 8.67. The van der Waals surface area contributed by atoms with Gasteiger partial charge >= 0.3 is 0 Å². The van der Waals surface area contributed by atoms with E-state index in [0.717, 1.165) is 17.3 Å². The molecule has 1 aliphatic heterocycles. The van der Waals surface area contributed by atoms with Crippen LogP contribution < -0.4 is 0 Å². The van der Waals surface area contributed by atoms with Crippen LogP contribution in [0, 0.1) is 11.8 Å². The Labute approximate surface area is 132 Å². The quantitative estimate of drug-likeness (QED) is 0.734. The highest BCUT2D eigenvalue weighted by Crippen LogP contribution is 2.34. The third kappa shape index (κ3) is 3.87. The minimum atomic E-state index is -2.85. The predicted molar refractivity (Wildman–Crippen MR) is 84.2 cm³/mol. The summed E-state index contributed by atoms with van der Waals surface area (Å²) in [5, 5.41) is 2.06. The van der Waals surface area contributed by atoms with E-state index in [2.05, 4.69) is 15.9 Å². The van der Waals surface area contributed by atoms with Crippen molar-refractivity contribution in [2.24, 2.45) is 11.8 Å². The number of alkyl halides is 1. The summed E-state index contributed by atoms with van der Waals surface area (Å²) in [5.74, 6) is 1.02. The molecule has 6 heteroatoms. The third-order valence-electron chi connectivity index (χ3n) is 3.66. The van der Waals surface area contributed by atoms with Gasteiger partial charge < -0.3 is 0 Å². The Morgan fingerprint density at radius 2 is 1.95 bits per heavy atom. The predicted octanol–water partition coefficient (Wildman–Crippen LogP) is 3.98. The summed E-state index contributed by atoms with van der Waals surface area (Å²) in [6.07, 6.45) is 1.45. The van der Waals surface area contributed by atoms with Crippen LogP contribution in [0.25, 0.3) is 0 Å². The van der Waals surface area contributed by atoms with E-state index in [4.69, 9.17) is 23.2 Å². The van der Waals surface area contributed by atoms with Gasteiger partial charge in [-0.25, -0.2) is 8.42 Å². The molecule has 1 heterocycles. The van der Waals surface area contributed by atoms with Crippen molar-refractivity contribution >= 4 is 49.0 Å². The molecule has 1 aromatic rings. The van der Waals surface area contributed by atoms with Gasteiger partial charge in [-0.3, -0.25) is 0 Å². The summed E-state index contributed by atoms with van der Waals surface area (Å²) < 4.78 is 23.2. The van der Waals surface area contributed by atoms with Gasteiger partial charge in [-0.2, -0.15) is 0 Å². The minimum absolute atomic E-state index is 0.191. The zero-order chi connectivity index (χ0) is 14.0. The van der Waals surface area contributed by atoms with Crippen molar-refractivity contribution < 1.29 is 8.42 Å². The van der Waals surface area contributed by atoms with Crippen LogP contribution in [-0.4, -0.2) is 25.3 Å². The van der Waals surface area contributed by atoms with E-state index in [-0.39, 0.29) is 17.6 Å². The van der Waals surface area contributed by atoms with Gasteiger partial charge in [-0.05, 0) is 42.4 Å². The molecule has 0 saturated carbocycles. The second kappa shape index (κ2) is 6.33. The lowest BCUT2D eigenvalue weighted by atomic mass is 9.88. The molecule has 0 amide bonds. The van der Waals surface area contributed by atoms with Crippen LogP contribution in [0.2, 0.25) is 10.0 Å². The fraction of sp³-hybridized carbons (Fsp3) is 0.538. The molecule has 1 aromatic carbocycles. The topological polar surface area (TPSA) is 34.1 Å². The molecule has 2 rings (SSSR count). The van der Waals surface area contributed by atoms with Gasteiger partial charge in [0.05, 0.1) is 11.5 Å². The Bertz CT molecular complexity index is 540. The van der Waals surface area contributed by atoms with Gasteiger partial charge in [0.2, 0.25) is 0 Å². The summed E-state index contributed by atoms with van der Waals surface area (Å²) in [6.45, 7) is 0. The van der Waals surface area contributed by atoms with Gasteiger partial charge in [-0.15, -0.1) is 0 Å². The molecule has 0 bridgehead atoms. The van der Waals surface area contributed by atoms with Gasteiger partial charge in [0.15, 0.2) is 9.84 Å². The maximum atomic E-state index is 11.6. The zero-order valence-electron chi connectivity index (χ0n) is 10.3. The monoisotopic (exact) mass is 384 g/mol. The van der Waals surface area contributed by atoms with Crippen LogP contribution in [-0.2, 0) is 16.3 Å². The minimum Gasteiger partial charge on any atom is -0.229 e. The van der Waals surface area contributed by atoms with Crippen LogP contribution in [0.3, 0.4) is 0 Å². The maximum absolute atomic E-state index is 11.6. The van der Waals surface area contributed by atoms with E-state index in [9.17, 15) is 8.42 Å². The van der Waals surface area contributed by atoms with Crippen LogP contribution in [0.5, 0.6) is 0 Å². The summed E-state index contributed by atoms with van der Waals surface area (Å²) in [5.41, 5.74) is 0.916. The van der Waals surface area contributed by atoms with Gasteiger partial charge in [0.25, 0.3) is 0 Å². The molecule has 2 nitrogen and oxygen atoms in total. The van der Waals surface area contributed by atoms with E-state index in [1.807, 2.05) is 18.2 Å². The summed E-state index contributed by atoms with van der Waals surface area (Å²) >= 11 is 15.8. The lowest BCUT2D eigenvalue weighted by molar-refractivity contribution is 0.402. The van der Waals surface area contributed by atoms with E-state index < -0.39 is 9.84 Å². The van der Waals surface area contributed by atoms with Crippen molar-refractivity contribution in [1.29, 1.82) is 0 Å². The average Bonchev–Trinajstić information content (AvgIpc) is 2.69. The number of sulfone groups is 1. The van der Waals surface area contributed by atoms with Crippen molar-refractivity contribution in [1.82, 2.24) is 0 Å². The second-order valence-electron chi connectivity index (χ2n) is 4.98. The highest BCUT2D eigenvalue weighted by Gasteiger charge is 2.33. The van der Waals surface area contributed by atoms with Crippen molar-refractivity contribution in [3.63, 3.8) is 0 Å². The first-order valence-corrected chi connectivity index (χ1v) is 9.82. The molecular formula is C13H15BrCl2O2S. The normalized spacial score (nSPS) is 23.4. The van der Waals surface area contributed by atoms with Crippen molar-refractivity contribution in [3.8, 4) is 0 Å². The van der Waals surface area contributed by atoms with Gasteiger partial charge in [-0.1, -0.05) is 45.2 Å². The molecule has 1 saturated heterocycles. The first-order chi connectivity index (χ1) is 8.93. The van der Waals surface area contributed by atoms with Crippen LogP contribution in [0.4, 0.5) is 0 Å². The molecule has 0 aliphatic carbocycles. The highest BCUT2D eigenvalue weighted by atomic mass is 79.9. The molecule has 19 heavy (non-hydrogen) atoms. The number of benzene rings is 1. The molecule has 1 fully saturated rings. The Morgan fingerprint density at radius 1 is 1.32 bits per heavy atom. The van der Waals surface area contributed by atoms with Crippen molar-refractivity contribution in [2.45, 2.75) is 12.8 Å². The summed E-state index contributed by atoms with van der Waals surface area (Å²) in [7, 11) is -2.85. The standard InChI is InChI=1S/C13H15BrCl2O2S/c14-7-10(9-4-5-19(17,18)8-9)6-11-12(15)2-1-3-13(11)16/h1-3,9-10H,4-8H2. The van der Waals surface area contributed by atoms with Crippen molar-refractivity contribution in [3.05, 3.63) is 33.8 Å². The van der Waals surface area contributed by atoms with Crippen LogP contribution in [0.15, 0.2) is 18.2 Å². The molecule has 2 atom stereocenters. The largest absolute Gasteiger partial charge is 0.229 e. The molecule has 106 valence electrons. The fourth-order valence-corrected chi connectivity index (χ4v) is 5.76. The number of rotatable bonds is 4. The van der Waals surface area contributed by atoms with E-state index in [0.29, 0.717) is 22.2 Å². The number of halogens is 3. The Morgan fingerprint density at radius 3 is 2.42 bits per heavy atom. The molecule has 0 radical (unpaired) electrons. The number of hydrogen-bond acceptors (Lipinski definition) is 2. The zero-order valence-corrected chi connectivity index (χ0v) is 14.2. The maximum Gasteiger partial charge on any atom is 0.150 e. The third-order valence-corrected chi connectivity index (χ3v) is 6.99. The summed E-state index contributed by atoms with van der Waals surface area (Å²) in [6, 6.07) is 5.45.